The summed E-state index contributed by atoms with van der Waals surface area (Å²) in [5, 5.41) is 40.0. The quantitative estimate of drug-likeness (QED) is 0.0208. The Morgan fingerprint density at radius 2 is 1.05 bits per heavy atom. The van der Waals surface area contributed by atoms with E-state index in [9.17, 15) is 30.0 Å². The van der Waals surface area contributed by atoms with E-state index in [2.05, 4.69) is 32.1 Å². The molecule has 0 radical (unpaired) electrons. The minimum atomic E-state index is -1.61. The van der Waals surface area contributed by atoms with Crippen LogP contribution in [0.15, 0.2) is 72.9 Å². The molecule has 0 aliphatic carbocycles. The molecule has 0 aromatic carbocycles. The van der Waals surface area contributed by atoms with E-state index in [1.54, 1.807) is 0 Å². The summed E-state index contributed by atoms with van der Waals surface area (Å²) in [5.74, 6) is -0.903. The Bertz CT molecular complexity index is 1170. The Labute approximate surface area is 351 Å². The first-order chi connectivity index (χ1) is 28.3. The fourth-order valence-electron chi connectivity index (χ4n) is 6.39. The molecule has 10 nitrogen and oxygen atoms in total. The summed E-state index contributed by atoms with van der Waals surface area (Å²) in [6.45, 7) is 3.19. The van der Waals surface area contributed by atoms with E-state index in [0.717, 1.165) is 32.1 Å². The van der Waals surface area contributed by atoms with Crippen LogP contribution in [0, 0.1) is 0 Å². The Morgan fingerprint density at radius 1 is 0.552 bits per heavy atom. The Morgan fingerprint density at radius 3 is 1.62 bits per heavy atom. The van der Waals surface area contributed by atoms with Crippen molar-refractivity contribution in [2.75, 3.05) is 19.8 Å². The maximum Gasteiger partial charge on any atom is 0.306 e. The van der Waals surface area contributed by atoms with Gasteiger partial charge in [0.25, 0.3) is 0 Å². The van der Waals surface area contributed by atoms with Gasteiger partial charge in [-0.2, -0.15) is 0 Å². The molecular weight excluding hydrogens is 737 g/mol. The molecule has 332 valence electrons. The van der Waals surface area contributed by atoms with Crippen LogP contribution in [0.5, 0.6) is 0 Å². The molecule has 1 aliphatic heterocycles. The van der Waals surface area contributed by atoms with Crippen LogP contribution >= 0.6 is 0 Å². The second-order valence-electron chi connectivity index (χ2n) is 15.2. The first kappa shape index (κ1) is 53.2. The topological polar surface area (TPSA) is 152 Å². The fraction of sp³-hybridized carbons (Fsp3) is 0.708. The van der Waals surface area contributed by atoms with Gasteiger partial charge in [-0.3, -0.25) is 9.59 Å². The molecule has 0 aromatic rings. The van der Waals surface area contributed by atoms with Gasteiger partial charge in [0.15, 0.2) is 12.4 Å². The molecule has 1 fully saturated rings. The molecular formula is C48H80O10. The van der Waals surface area contributed by atoms with Crippen LogP contribution in [0.3, 0.4) is 0 Å². The predicted octanol–water partition coefficient (Wildman–Crippen LogP) is 9.61. The van der Waals surface area contributed by atoms with E-state index in [-0.39, 0.29) is 26.1 Å². The van der Waals surface area contributed by atoms with Crippen LogP contribution in [-0.4, -0.2) is 89.0 Å². The van der Waals surface area contributed by atoms with Crippen molar-refractivity contribution in [3.05, 3.63) is 72.9 Å². The molecule has 0 amide bonds. The molecule has 0 saturated carbocycles. The summed E-state index contributed by atoms with van der Waals surface area (Å²) in [7, 11) is 0. The largest absolute Gasteiger partial charge is 0.462 e. The number of aliphatic hydroxyl groups excluding tert-OH is 4. The number of ether oxygens (including phenoxy) is 4. The first-order valence-corrected chi connectivity index (χ1v) is 22.6. The molecule has 1 rings (SSSR count). The minimum Gasteiger partial charge on any atom is -0.462 e. The summed E-state index contributed by atoms with van der Waals surface area (Å²) in [5.41, 5.74) is 0. The van der Waals surface area contributed by atoms with Crippen molar-refractivity contribution in [3.8, 4) is 0 Å². The maximum absolute atomic E-state index is 12.7. The second-order valence-corrected chi connectivity index (χ2v) is 15.2. The standard InChI is InChI=1S/C48H80O10/c1-3-5-7-9-11-13-15-17-18-19-20-21-22-23-25-26-28-30-32-34-36-43(50)55-39-41(40-56-48-47(54)46(53)45(52)42(38-49)58-48)57-44(51)37-35-33-31-29-27-24-16-14-12-10-8-6-4-2/h6,8,10,12,14,16,20-21,24,27,29,31,41-42,45-49,52-54H,3-5,7,9,11,13,15,17-19,22-23,25-26,28,30,32-40H2,1-2H3/b8-6+,12-10+,16-14+,21-20+,27-24+,31-29+/t41?,42-,45+,46?,47?,48-/m0/s1. The molecule has 0 bridgehead atoms. The molecule has 4 N–H and O–H groups in total. The molecule has 0 aromatic heterocycles. The minimum absolute atomic E-state index is 0.130. The summed E-state index contributed by atoms with van der Waals surface area (Å²) in [6, 6.07) is 0. The number of allylic oxidation sites excluding steroid dienone is 12. The van der Waals surface area contributed by atoms with Crippen LogP contribution in [0.2, 0.25) is 0 Å². The van der Waals surface area contributed by atoms with E-state index in [1.807, 2.05) is 54.7 Å². The lowest BCUT2D eigenvalue weighted by Crippen LogP contribution is -2.59. The van der Waals surface area contributed by atoms with Gasteiger partial charge in [0, 0.05) is 12.8 Å². The van der Waals surface area contributed by atoms with Crippen molar-refractivity contribution in [1.29, 1.82) is 0 Å². The van der Waals surface area contributed by atoms with Crippen molar-refractivity contribution in [2.24, 2.45) is 0 Å². The Balaban J connectivity index is 2.34. The normalized spacial score (nSPS) is 20.8. The summed E-state index contributed by atoms with van der Waals surface area (Å²) in [4.78, 5) is 25.3. The van der Waals surface area contributed by atoms with Crippen molar-refractivity contribution >= 4 is 11.9 Å². The van der Waals surface area contributed by atoms with Gasteiger partial charge in [-0.15, -0.1) is 0 Å². The summed E-state index contributed by atoms with van der Waals surface area (Å²) in [6.07, 6.45) is 40.7. The van der Waals surface area contributed by atoms with Gasteiger partial charge in [0.1, 0.15) is 31.0 Å². The molecule has 3 unspecified atom stereocenters. The zero-order valence-corrected chi connectivity index (χ0v) is 36.0. The molecule has 1 heterocycles. The van der Waals surface area contributed by atoms with E-state index in [0.29, 0.717) is 19.3 Å². The zero-order chi connectivity index (χ0) is 42.3. The van der Waals surface area contributed by atoms with Crippen LogP contribution in [0.4, 0.5) is 0 Å². The average molecular weight is 817 g/mol. The zero-order valence-electron chi connectivity index (χ0n) is 36.0. The third-order valence-corrected chi connectivity index (χ3v) is 9.95. The van der Waals surface area contributed by atoms with Gasteiger partial charge in [-0.25, -0.2) is 0 Å². The average Bonchev–Trinajstić information content (AvgIpc) is 3.22. The molecule has 10 heteroatoms. The second kappa shape index (κ2) is 38.3. The smallest absolute Gasteiger partial charge is 0.306 e. The lowest BCUT2D eigenvalue weighted by molar-refractivity contribution is -0.305. The van der Waals surface area contributed by atoms with Gasteiger partial charge in [0.2, 0.25) is 0 Å². The molecule has 0 spiro atoms. The monoisotopic (exact) mass is 817 g/mol. The molecule has 1 aliphatic rings. The number of esters is 2. The number of hydrogen-bond acceptors (Lipinski definition) is 10. The highest BCUT2D eigenvalue weighted by Gasteiger charge is 2.44. The molecule has 6 atom stereocenters. The lowest BCUT2D eigenvalue weighted by atomic mass is 9.99. The van der Waals surface area contributed by atoms with E-state index < -0.39 is 55.4 Å². The third kappa shape index (κ3) is 29.4. The number of aliphatic hydroxyl groups is 4. The van der Waals surface area contributed by atoms with Gasteiger partial charge >= 0.3 is 11.9 Å². The van der Waals surface area contributed by atoms with Crippen LogP contribution in [0.25, 0.3) is 0 Å². The maximum atomic E-state index is 12.7. The van der Waals surface area contributed by atoms with Gasteiger partial charge in [0.05, 0.1) is 13.2 Å². The predicted molar refractivity (Wildman–Crippen MR) is 233 cm³/mol. The fourth-order valence-corrected chi connectivity index (χ4v) is 6.39. The van der Waals surface area contributed by atoms with E-state index in [1.165, 1.54) is 83.5 Å². The Kier molecular flexibility index (Phi) is 35.1. The number of unbranched alkanes of at least 4 members (excludes halogenated alkanes) is 17. The number of rotatable bonds is 36. The third-order valence-electron chi connectivity index (χ3n) is 9.95. The van der Waals surface area contributed by atoms with Gasteiger partial charge in [-0.1, -0.05) is 170 Å². The molecule has 1 saturated heterocycles. The van der Waals surface area contributed by atoms with Crippen molar-refractivity contribution in [3.63, 3.8) is 0 Å². The van der Waals surface area contributed by atoms with Crippen molar-refractivity contribution in [1.82, 2.24) is 0 Å². The SMILES string of the molecule is CC/C=C/C=C/C=C/C=C/C=C/CCCC(=O)OC(COC(=O)CCCCCCCCC/C=C/CCCCCCCCCCC)CO[C@H]1O[C@@H](CO)[C@@H](O)C(O)C1O. The van der Waals surface area contributed by atoms with Crippen LogP contribution in [-0.2, 0) is 28.5 Å². The number of carbonyl (C=O) groups is 2. The lowest BCUT2D eigenvalue weighted by Gasteiger charge is -2.39. The van der Waals surface area contributed by atoms with E-state index in [4.69, 9.17) is 18.9 Å². The van der Waals surface area contributed by atoms with Crippen LogP contribution in [0.1, 0.15) is 162 Å². The number of hydrogen-bond donors (Lipinski definition) is 4. The first-order valence-electron chi connectivity index (χ1n) is 22.6. The number of carbonyl (C=O) groups excluding carboxylic acids is 2. The van der Waals surface area contributed by atoms with Gasteiger partial charge < -0.3 is 39.4 Å². The van der Waals surface area contributed by atoms with E-state index >= 15 is 0 Å². The van der Waals surface area contributed by atoms with Crippen molar-refractivity contribution in [2.45, 2.75) is 198 Å². The van der Waals surface area contributed by atoms with Crippen molar-refractivity contribution < 1.29 is 49.0 Å². The summed E-state index contributed by atoms with van der Waals surface area (Å²) >= 11 is 0. The molecule has 58 heavy (non-hydrogen) atoms. The Hall–Kier alpha value is -2.86. The highest BCUT2D eigenvalue weighted by atomic mass is 16.7. The summed E-state index contributed by atoms with van der Waals surface area (Å²) < 4.78 is 22.0. The van der Waals surface area contributed by atoms with Gasteiger partial charge in [-0.05, 0) is 51.4 Å². The highest BCUT2D eigenvalue weighted by molar-refractivity contribution is 5.70. The van der Waals surface area contributed by atoms with Crippen LogP contribution < -0.4 is 0 Å². The highest BCUT2D eigenvalue weighted by Crippen LogP contribution is 2.22.